The Balaban J connectivity index is 1.24. The molecule has 57 heavy (non-hydrogen) atoms. The highest BCUT2D eigenvalue weighted by molar-refractivity contribution is 8.03. The molecule has 3 aromatic rings. The van der Waals surface area contributed by atoms with Gasteiger partial charge in [-0.1, -0.05) is 32.7 Å². The molecule has 2 saturated heterocycles. The van der Waals surface area contributed by atoms with Crippen LogP contribution in [0.3, 0.4) is 0 Å². The average molecular weight is 843 g/mol. The lowest BCUT2D eigenvalue weighted by atomic mass is 9.65. The summed E-state index contributed by atoms with van der Waals surface area (Å²) in [6.07, 6.45) is 5.95. The maximum absolute atomic E-state index is 14.9. The molecule has 1 amide bonds. The zero-order valence-electron chi connectivity index (χ0n) is 33.2. The third-order valence-corrected chi connectivity index (χ3v) is 17.0. The molecule has 1 aliphatic carbocycles. The van der Waals surface area contributed by atoms with Crippen molar-refractivity contribution in [1.82, 2.24) is 23.9 Å². The van der Waals surface area contributed by atoms with E-state index in [-0.39, 0.29) is 33.2 Å². The van der Waals surface area contributed by atoms with Crippen LogP contribution < -0.4 is 0 Å². The van der Waals surface area contributed by atoms with Gasteiger partial charge in [0.2, 0.25) is 5.91 Å². The van der Waals surface area contributed by atoms with Crippen LogP contribution >= 0.6 is 36.3 Å². The van der Waals surface area contributed by atoms with Gasteiger partial charge >= 0.3 is 5.97 Å². The predicted molar refractivity (Wildman–Crippen MR) is 228 cm³/mol. The Morgan fingerprint density at radius 3 is 2.75 bits per heavy atom. The predicted octanol–water partition coefficient (Wildman–Crippen LogP) is 7.26. The van der Waals surface area contributed by atoms with Crippen molar-refractivity contribution < 1.29 is 23.9 Å². The van der Waals surface area contributed by atoms with Crippen LogP contribution in [-0.2, 0) is 36.8 Å². The summed E-state index contributed by atoms with van der Waals surface area (Å²) in [5, 5.41) is 14.9. The zero-order valence-corrected chi connectivity index (χ0v) is 36.8. The number of carbonyl (C=O) groups excluding carboxylic acids is 3. The number of cyclic esters (lactones) is 1. The molecule has 3 fully saturated rings. The fourth-order valence-corrected chi connectivity index (χ4v) is 13.5. The molecule has 1 spiro atoms. The van der Waals surface area contributed by atoms with Crippen LogP contribution in [0.2, 0.25) is 10.6 Å². The first-order chi connectivity index (χ1) is 27.4. The number of aryl methyl sites for hydroxylation is 1. The molecule has 11 nitrogen and oxygen atoms in total. The van der Waals surface area contributed by atoms with Gasteiger partial charge in [-0.15, -0.1) is 23.5 Å². The van der Waals surface area contributed by atoms with E-state index in [1.807, 2.05) is 12.3 Å². The number of ketones is 1. The third-order valence-electron chi connectivity index (χ3n) is 12.5. The lowest BCUT2D eigenvalue weighted by Crippen LogP contribution is -2.55. The van der Waals surface area contributed by atoms with Crippen LogP contribution in [0.25, 0.3) is 27.9 Å². The van der Waals surface area contributed by atoms with Crippen LogP contribution in [0, 0.1) is 22.2 Å². The summed E-state index contributed by atoms with van der Waals surface area (Å²) in [7, 11) is 3.85. The molecule has 1 saturated carbocycles. The van der Waals surface area contributed by atoms with Gasteiger partial charge in [-0.05, 0) is 92.7 Å². The van der Waals surface area contributed by atoms with Gasteiger partial charge in [0.1, 0.15) is 16.5 Å². The number of nitrogens with zero attached hydrogens (tertiary/aromatic N) is 6. The van der Waals surface area contributed by atoms with E-state index >= 15 is 0 Å². The molecular weight excluding hydrogens is 793 g/mol. The number of benzene rings is 1. The minimum atomic E-state index is -1.01. The van der Waals surface area contributed by atoms with E-state index in [2.05, 4.69) is 73.0 Å². The topological polar surface area (TPSA) is 121 Å². The van der Waals surface area contributed by atoms with E-state index in [1.54, 1.807) is 35.6 Å². The molecule has 6 bridgehead atoms. The fraction of sp³-hybridized carbons (Fsp3) is 0.548. The number of nitriles is 1. The number of aromatic nitrogens is 2. The van der Waals surface area contributed by atoms with Crippen molar-refractivity contribution in [3.8, 4) is 17.3 Å². The van der Waals surface area contributed by atoms with E-state index in [9.17, 15) is 19.6 Å². The molecule has 2 unspecified atom stereocenters. The summed E-state index contributed by atoms with van der Waals surface area (Å²) < 4.78 is 15.4. The number of fused-ring (bicyclic) bond motifs is 6. The number of amides is 1. The molecule has 5 aliphatic rings. The van der Waals surface area contributed by atoms with Crippen LogP contribution in [0.15, 0.2) is 47.0 Å². The van der Waals surface area contributed by atoms with Crippen LogP contribution in [0.5, 0.6) is 0 Å². The summed E-state index contributed by atoms with van der Waals surface area (Å²) in [5.41, 5.74) is 4.60. The lowest BCUT2D eigenvalue weighted by molar-refractivity contribution is -0.164. The Morgan fingerprint density at radius 1 is 1.23 bits per heavy atom. The second-order valence-corrected chi connectivity index (χ2v) is 21.0. The second kappa shape index (κ2) is 15.7. The summed E-state index contributed by atoms with van der Waals surface area (Å²) in [5.74, 6) is 0.0811. The van der Waals surface area contributed by atoms with E-state index in [4.69, 9.17) is 27.3 Å². The summed E-state index contributed by atoms with van der Waals surface area (Å²) >= 11 is 8.17. The lowest BCUT2D eigenvalue weighted by Gasteiger charge is -2.42. The number of thiol groups is 1. The smallest absolute Gasteiger partial charge is 0.326 e. The van der Waals surface area contributed by atoms with Gasteiger partial charge < -0.3 is 18.9 Å². The number of Topliss-reactive ketones (excluding diaryl/α,β-unsaturated/α-hetero) is 1. The Morgan fingerprint density at radius 2 is 2.04 bits per heavy atom. The molecule has 300 valence electrons. The van der Waals surface area contributed by atoms with Crippen molar-refractivity contribution in [2.75, 3.05) is 39.7 Å². The van der Waals surface area contributed by atoms with Crippen molar-refractivity contribution >= 4 is 80.1 Å². The number of hydrazine groups is 1. The Bertz CT molecular complexity index is 2180. The normalized spacial score (nSPS) is 27.1. The van der Waals surface area contributed by atoms with Crippen LogP contribution in [-0.4, -0.2) is 102 Å². The number of hydrogen-bond acceptors (Lipinski definition) is 12. The fourth-order valence-electron chi connectivity index (χ4n) is 9.04. The average Bonchev–Trinajstić information content (AvgIpc) is 3.70. The van der Waals surface area contributed by atoms with Gasteiger partial charge in [0.25, 0.3) is 0 Å². The number of methoxy groups -OCH3 is 1. The van der Waals surface area contributed by atoms with Gasteiger partial charge in [-0.3, -0.25) is 19.4 Å². The highest BCUT2D eigenvalue weighted by Crippen LogP contribution is 2.67. The molecule has 4 atom stereocenters. The largest absolute Gasteiger partial charge is 0.464 e. The second-order valence-electron chi connectivity index (χ2n) is 16.7. The Labute approximate surface area is 351 Å². The van der Waals surface area contributed by atoms with Gasteiger partial charge in [-0.2, -0.15) is 9.68 Å². The maximum atomic E-state index is 14.9. The number of thioether (sulfide) groups is 2. The van der Waals surface area contributed by atoms with Crippen molar-refractivity contribution in [1.29, 1.82) is 5.26 Å². The molecule has 6 heterocycles. The standard InChI is InChI=1S/C42H50N6O5S3Si/c1-6-46-30-13-12-26-20-28(30)29(34(46)27-10-7-16-44-37(27)55-19-18-52-5)21-40(2,3)25-53-38(50)31-11-8-17-47(48(31)54)39(51)42(22-33-45(4)32(26)23-56-33)36(57-42)35(49)41(24-43)14-9-15-41/h7,10,12-13,16,20,23,31,33,36,54H,6,8-9,11,14-15,17-19,21-22,25H2,1-5H3/t31-,33?,36?,42-/m0/s1. The summed E-state index contributed by atoms with van der Waals surface area (Å²) in [6, 6.07) is 12.4. The van der Waals surface area contributed by atoms with Crippen molar-refractivity contribution in [2.45, 2.75) is 99.3 Å². The number of pyridine rings is 1. The molecule has 8 rings (SSSR count). The number of ether oxygens (including phenoxy) is 2. The minimum Gasteiger partial charge on any atom is -0.464 e. The minimum absolute atomic E-state index is 0.0600. The van der Waals surface area contributed by atoms with Gasteiger partial charge in [-0.25, -0.2) is 4.98 Å². The molecule has 1 aromatic carbocycles. The number of esters is 1. The van der Waals surface area contributed by atoms with Gasteiger partial charge in [0.15, 0.2) is 5.78 Å². The van der Waals surface area contributed by atoms with E-state index in [0.29, 0.717) is 51.7 Å². The van der Waals surface area contributed by atoms with Crippen molar-refractivity contribution in [3.05, 3.63) is 53.1 Å². The van der Waals surface area contributed by atoms with E-state index in [0.717, 1.165) is 57.2 Å². The van der Waals surface area contributed by atoms with Crippen molar-refractivity contribution in [2.24, 2.45) is 10.8 Å². The summed E-state index contributed by atoms with van der Waals surface area (Å²) in [6.45, 7) is 8.36. The quantitative estimate of drug-likeness (QED) is 0.0812. The first-order valence-corrected chi connectivity index (χ1v) is 23.3. The Hall–Kier alpha value is -3.26. The number of carbonyl (C=O) groups is 3. The molecule has 0 N–H and O–H groups in total. The van der Waals surface area contributed by atoms with Gasteiger partial charge in [0.05, 0.1) is 50.6 Å². The monoisotopic (exact) mass is 842 g/mol. The Kier molecular flexibility index (Phi) is 11.2. The first kappa shape index (κ1) is 40.5. The summed E-state index contributed by atoms with van der Waals surface area (Å²) in [4.78, 5) is 50.1. The van der Waals surface area contributed by atoms with Crippen LogP contribution in [0.4, 0.5) is 0 Å². The highest BCUT2D eigenvalue weighted by Gasteiger charge is 2.69. The van der Waals surface area contributed by atoms with Crippen molar-refractivity contribution in [3.63, 3.8) is 0 Å². The SMILES string of the molecule is CCn1c(-c2cccnc2SCCOC)c2c3cc(ccc31)C1=CSC(C[C@@]3([Si]C3C(=O)C3(C#N)CCC3)C(=O)N3CCC[C@@H](C(=O)OCC(C)(C)C2)N3S)N1C. The highest BCUT2D eigenvalue weighted by atomic mass is 32.2. The van der Waals surface area contributed by atoms with Crippen LogP contribution in [0.1, 0.15) is 70.4 Å². The molecule has 2 radical (unpaired) electrons. The molecule has 4 aliphatic heterocycles. The maximum Gasteiger partial charge on any atom is 0.326 e. The molecular formula is C42H50N6O5S3Si. The van der Waals surface area contributed by atoms with Gasteiger partial charge in [0, 0.05) is 66.6 Å². The zero-order chi connectivity index (χ0) is 40.3. The van der Waals surface area contributed by atoms with E-state index in [1.165, 1.54) is 9.98 Å². The van der Waals surface area contributed by atoms with E-state index < -0.39 is 33.4 Å². The molecule has 2 aromatic heterocycles. The number of hydrogen-bond donors (Lipinski definition) is 1. The first-order valence-electron chi connectivity index (χ1n) is 19.9. The number of rotatable bonds is 8. The third kappa shape index (κ3) is 7.05. The molecule has 15 heteroatoms.